The van der Waals surface area contributed by atoms with Crippen LogP contribution < -0.4 is 5.56 Å². The van der Waals surface area contributed by atoms with E-state index in [0.717, 1.165) is 20.8 Å². The van der Waals surface area contributed by atoms with Crippen molar-refractivity contribution in [1.82, 2.24) is 19.7 Å². The topological polar surface area (TPSA) is 73.8 Å². The molecule has 0 bridgehead atoms. The van der Waals surface area contributed by atoms with Crippen molar-refractivity contribution in [3.05, 3.63) is 55.9 Å². The smallest absolute Gasteiger partial charge is 0.262 e. The van der Waals surface area contributed by atoms with E-state index in [1.165, 1.54) is 11.8 Å². The summed E-state index contributed by atoms with van der Waals surface area (Å²) in [4.78, 5) is 23.6. The third kappa shape index (κ3) is 3.40. The second-order valence-corrected chi connectivity index (χ2v) is 8.62. The molecule has 6 nitrogen and oxygen atoms in total. The molecular weight excluding hydrogens is 404 g/mol. The van der Waals surface area contributed by atoms with E-state index in [0.29, 0.717) is 33.0 Å². The number of thioether (sulfide) groups is 1. The highest BCUT2D eigenvalue weighted by molar-refractivity contribution is 7.98. The first-order chi connectivity index (χ1) is 12.9. The summed E-state index contributed by atoms with van der Waals surface area (Å²) in [5.41, 5.74) is 1.78. The SMILES string of the molecule is Cc1sc2nc(SCc3noc(-c4ccc(Cl)cc4)n3)n(C)c(=O)c2c1C. The van der Waals surface area contributed by atoms with Crippen molar-refractivity contribution in [2.24, 2.45) is 7.05 Å². The summed E-state index contributed by atoms with van der Waals surface area (Å²) >= 11 is 8.85. The number of halogens is 1. The van der Waals surface area contributed by atoms with E-state index in [1.54, 1.807) is 35.1 Å². The van der Waals surface area contributed by atoms with Crippen LogP contribution in [0.25, 0.3) is 21.7 Å². The lowest BCUT2D eigenvalue weighted by molar-refractivity contribution is 0.425. The Morgan fingerprint density at radius 2 is 1.96 bits per heavy atom. The Morgan fingerprint density at radius 1 is 1.22 bits per heavy atom. The number of rotatable bonds is 4. The molecule has 0 unspecified atom stereocenters. The summed E-state index contributed by atoms with van der Waals surface area (Å²) in [5, 5.41) is 5.99. The van der Waals surface area contributed by atoms with Gasteiger partial charge in [-0.2, -0.15) is 4.98 Å². The zero-order chi connectivity index (χ0) is 19.1. The van der Waals surface area contributed by atoms with E-state index >= 15 is 0 Å². The molecule has 27 heavy (non-hydrogen) atoms. The van der Waals surface area contributed by atoms with Crippen LogP contribution in [0.2, 0.25) is 5.02 Å². The van der Waals surface area contributed by atoms with Gasteiger partial charge in [-0.1, -0.05) is 28.5 Å². The largest absolute Gasteiger partial charge is 0.334 e. The van der Waals surface area contributed by atoms with Crippen LogP contribution in [0, 0.1) is 13.8 Å². The van der Waals surface area contributed by atoms with Crippen molar-refractivity contribution in [2.45, 2.75) is 24.8 Å². The van der Waals surface area contributed by atoms with Crippen LogP contribution in [0.1, 0.15) is 16.3 Å². The van der Waals surface area contributed by atoms with Crippen molar-refractivity contribution in [2.75, 3.05) is 0 Å². The van der Waals surface area contributed by atoms with Gasteiger partial charge in [-0.05, 0) is 43.7 Å². The monoisotopic (exact) mass is 418 g/mol. The van der Waals surface area contributed by atoms with E-state index in [4.69, 9.17) is 16.1 Å². The van der Waals surface area contributed by atoms with Gasteiger partial charge in [-0.15, -0.1) is 11.3 Å². The zero-order valence-corrected chi connectivity index (χ0v) is 17.2. The minimum Gasteiger partial charge on any atom is -0.334 e. The molecule has 4 aromatic rings. The van der Waals surface area contributed by atoms with Gasteiger partial charge < -0.3 is 4.52 Å². The molecule has 0 saturated carbocycles. The van der Waals surface area contributed by atoms with E-state index in [1.807, 2.05) is 26.0 Å². The number of hydrogen-bond acceptors (Lipinski definition) is 7. The summed E-state index contributed by atoms with van der Waals surface area (Å²) in [6.07, 6.45) is 0. The Kier molecular flexibility index (Phi) is 4.79. The standard InChI is InChI=1S/C18H15ClN4O2S2/c1-9-10(2)27-16-14(9)17(24)23(3)18(21-16)26-8-13-20-15(25-22-13)11-4-6-12(19)7-5-11/h4-7H,8H2,1-3H3. The third-order valence-electron chi connectivity index (χ3n) is 4.26. The molecule has 0 amide bonds. The number of thiophene rings is 1. The van der Waals surface area contributed by atoms with Crippen LogP contribution in [0.4, 0.5) is 0 Å². The molecule has 0 fully saturated rings. The van der Waals surface area contributed by atoms with Crippen LogP contribution in [0.5, 0.6) is 0 Å². The fourth-order valence-electron chi connectivity index (χ4n) is 2.64. The summed E-state index contributed by atoms with van der Waals surface area (Å²) in [6, 6.07) is 7.20. The molecule has 0 aliphatic heterocycles. The molecule has 1 aromatic carbocycles. The van der Waals surface area contributed by atoms with Gasteiger partial charge >= 0.3 is 0 Å². The number of hydrogen-bond donors (Lipinski definition) is 0. The van der Waals surface area contributed by atoms with Crippen molar-refractivity contribution in [3.63, 3.8) is 0 Å². The van der Waals surface area contributed by atoms with Gasteiger partial charge in [0.1, 0.15) is 4.83 Å². The molecule has 0 radical (unpaired) electrons. The fraction of sp³-hybridized carbons (Fsp3) is 0.222. The summed E-state index contributed by atoms with van der Waals surface area (Å²) in [6.45, 7) is 3.97. The highest BCUT2D eigenvalue weighted by Gasteiger charge is 2.16. The number of nitrogens with zero attached hydrogens (tertiary/aromatic N) is 4. The quantitative estimate of drug-likeness (QED) is 0.356. The van der Waals surface area contributed by atoms with Crippen LogP contribution in [-0.2, 0) is 12.8 Å². The Labute approximate surface area is 168 Å². The minimum absolute atomic E-state index is 0.0284. The van der Waals surface area contributed by atoms with Gasteiger partial charge in [0.05, 0.1) is 11.1 Å². The molecule has 138 valence electrons. The maximum atomic E-state index is 12.7. The zero-order valence-electron chi connectivity index (χ0n) is 14.8. The van der Waals surface area contributed by atoms with Crippen molar-refractivity contribution in [3.8, 4) is 11.5 Å². The fourth-order valence-corrected chi connectivity index (χ4v) is 4.65. The first-order valence-corrected chi connectivity index (χ1v) is 10.3. The van der Waals surface area contributed by atoms with Gasteiger partial charge in [0.2, 0.25) is 0 Å². The third-order valence-corrected chi connectivity index (χ3v) is 6.64. The molecule has 3 aromatic heterocycles. The van der Waals surface area contributed by atoms with Crippen LogP contribution in [0.3, 0.4) is 0 Å². The molecule has 3 heterocycles. The number of fused-ring (bicyclic) bond motifs is 1. The lowest BCUT2D eigenvalue weighted by Crippen LogP contribution is -2.19. The molecule has 0 spiro atoms. The number of aromatic nitrogens is 4. The second kappa shape index (κ2) is 7.10. The Hall–Kier alpha value is -2.16. The molecular formula is C18H15ClN4O2S2. The lowest BCUT2D eigenvalue weighted by atomic mass is 10.2. The maximum Gasteiger partial charge on any atom is 0.262 e. The Balaban J connectivity index is 1.58. The molecule has 0 aliphatic carbocycles. The van der Waals surface area contributed by atoms with Gasteiger partial charge in [-0.25, -0.2) is 4.98 Å². The molecule has 0 aliphatic rings. The predicted molar refractivity (Wildman–Crippen MR) is 109 cm³/mol. The predicted octanol–water partition coefficient (Wildman–Crippen LogP) is 4.61. The minimum atomic E-state index is -0.0284. The van der Waals surface area contributed by atoms with E-state index in [-0.39, 0.29) is 5.56 Å². The van der Waals surface area contributed by atoms with Crippen molar-refractivity contribution >= 4 is 44.9 Å². The second-order valence-electron chi connectivity index (χ2n) is 6.03. The summed E-state index contributed by atoms with van der Waals surface area (Å²) in [5.74, 6) is 1.42. The van der Waals surface area contributed by atoms with E-state index < -0.39 is 0 Å². The van der Waals surface area contributed by atoms with Crippen LogP contribution in [0.15, 0.2) is 38.7 Å². The van der Waals surface area contributed by atoms with E-state index in [9.17, 15) is 4.79 Å². The van der Waals surface area contributed by atoms with Gasteiger partial charge in [0.25, 0.3) is 11.4 Å². The summed E-state index contributed by atoms with van der Waals surface area (Å²) in [7, 11) is 1.74. The first kappa shape index (κ1) is 18.2. The van der Waals surface area contributed by atoms with Crippen LogP contribution >= 0.6 is 34.7 Å². The highest BCUT2D eigenvalue weighted by atomic mass is 35.5. The molecule has 0 N–H and O–H groups in total. The van der Waals surface area contributed by atoms with Gasteiger partial charge in [-0.3, -0.25) is 9.36 Å². The molecule has 4 rings (SSSR count). The van der Waals surface area contributed by atoms with Crippen molar-refractivity contribution < 1.29 is 4.52 Å². The van der Waals surface area contributed by atoms with Gasteiger partial charge in [0.15, 0.2) is 11.0 Å². The molecule has 0 atom stereocenters. The first-order valence-electron chi connectivity index (χ1n) is 8.12. The summed E-state index contributed by atoms with van der Waals surface area (Å²) < 4.78 is 6.89. The number of aryl methyl sites for hydroxylation is 2. The lowest BCUT2D eigenvalue weighted by Gasteiger charge is -2.05. The Bertz CT molecular complexity index is 1190. The normalized spacial score (nSPS) is 11.4. The molecule has 9 heteroatoms. The maximum absolute atomic E-state index is 12.7. The Morgan fingerprint density at radius 3 is 2.70 bits per heavy atom. The van der Waals surface area contributed by atoms with E-state index in [2.05, 4.69) is 15.1 Å². The molecule has 0 saturated heterocycles. The average Bonchev–Trinajstić information content (AvgIpc) is 3.23. The van der Waals surface area contributed by atoms with Crippen LogP contribution in [-0.4, -0.2) is 19.7 Å². The van der Waals surface area contributed by atoms with Gasteiger partial charge in [0, 0.05) is 22.5 Å². The number of benzene rings is 1. The van der Waals surface area contributed by atoms with Crippen molar-refractivity contribution in [1.29, 1.82) is 0 Å². The highest BCUT2D eigenvalue weighted by Crippen LogP contribution is 2.29. The average molecular weight is 419 g/mol.